The number of carboxylic acid groups (broad SMARTS) is 1. The van der Waals surface area contributed by atoms with E-state index in [1.165, 1.54) is 24.3 Å². The molecule has 0 unspecified atom stereocenters. The summed E-state index contributed by atoms with van der Waals surface area (Å²) in [6, 6.07) is 12.5. The van der Waals surface area contributed by atoms with Crippen LogP contribution in [0, 0.1) is 0 Å². The minimum absolute atomic E-state index is 0.117. The topological polar surface area (TPSA) is 96.4 Å². The molecule has 0 spiro atoms. The molecule has 2 N–H and O–H groups in total. The summed E-state index contributed by atoms with van der Waals surface area (Å²) in [6.07, 6.45) is 2.21. The molecule has 0 bridgehead atoms. The van der Waals surface area contributed by atoms with E-state index in [-0.39, 0.29) is 10.7 Å². The highest BCUT2D eigenvalue weighted by Crippen LogP contribution is 2.14. The molecule has 1 heterocycles. The van der Waals surface area contributed by atoms with Crippen LogP contribution in [-0.2, 0) is 14.8 Å². The summed E-state index contributed by atoms with van der Waals surface area (Å²) >= 11 is 0. The van der Waals surface area contributed by atoms with Gasteiger partial charge in [0.2, 0.25) is 0 Å². The van der Waals surface area contributed by atoms with E-state index in [9.17, 15) is 13.2 Å². The zero-order valence-electron chi connectivity index (χ0n) is 10.8. The molecule has 2 rings (SSSR count). The van der Waals surface area contributed by atoms with Crippen LogP contribution < -0.4 is 4.72 Å². The molecule has 1 aromatic heterocycles. The smallest absolute Gasteiger partial charge is 0.328 e. The number of aliphatic carboxylic acids is 1. The van der Waals surface area contributed by atoms with Crippen LogP contribution >= 0.6 is 0 Å². The van der Waals surface area contributed by atoms with Crippen molar-refractivity contribution in [3.63, 3.8) is 0 Å². The second-order valence-electron chi connectivity index (χ2n) is 4.04. The van der Waals surface area contributed by atoms with Crippen molar-refractivity contribution >= 4 is 27.9 Å². The Morgan fingerprint density at radius 2 is 1.81 bits per heavy atom. The average molecular weight is 304 g/mol. The number of nitrogens with one attached hydrogen (secondary N) is 1. The van der Waals surface area contributed by atoms with Crippen molar-refractivity contribution in [3.05, 3.63) is 60.3 Å². The van der Waals surface area contributed by atoms with Gasteiger partial charge in [0.25, 0.3) is 10.0 Å². The van der Waals surface area contributed by atoms with Gasteiger partial charge in [-0.2, -0.15) is 0 Å². The van der Waals surface area contributed by atoms with Crippen molar-refractivity contribution in [2.24, 2.45) is 0 Å². The number of pyridine rings is 1. The molecule has 0 aliphatic heterocycles. The third-order valence-electron chi connectivity index (χ3n) is 2.46. The first-order valence-electron chi connectivity index (χ1n) is 5.93. The third kappa shape index (κ3) is 4.15. The van der Waals surface area contributed by atoms with Crippen molar-refractivity contribution < 1.29 is 18.3 Å². The Balaban J connectivity index is 2.24. The molecule has 0 saturated heterocycles. The van der Waals surface area contributed by atoms with Crippen LogP contribution in [0.2, 0.25) is 0 Å². The Hall–Kier alpha value is -2.67. The molecule has 0 fully saturated rings. The Bertz CT molecular complexity index is 771. The summed E-state index contributed by atoms with van der Waals surface area (Å²) in [5, 5.41) is 8.55. The lowest BCUT2D eigenvalue weighted by molar-refractivity contribution is -0.131. The van der Waals surface area contributed by atoms with Gasteiger partial charge >= 0.3 is 5.97 Å². The van der Waals surface area contributed by atoms with E-state index in [1.54, 1.807) is 30.3 Å². The van der Waals surface area contributed by atoms with E-state index in [2.05, 4.69) is 9.71 Å². The third-order valence-corrected chi connectivity index (χ3v) is 3.83. The largest absolute Gasteiger partial charge is 0.478 e. The van der Waals surface area contributed by atoms with Gasteiger partial charge in [0.15, 0.2) is 0 Å². The van der Waals surface area contributed by atoms with E-state index in [4.69, 9.17) is 5.11 Å². The first kappa shape index (κ1) is 14.7. The summed E-state index contributed by atoms with van der Waals surface area (Å²) in [4.78, 5) is 14.6. The molecular formula is C14H12N2O4S. The molecule has 0 aliphatic carbocycles. The Kier molecular flexibility index (Phi) is 4.34. The van der Waals surface area contributed by atoms with Crippen LogP contribution in [0.15, 0.2) is 59.5 Å². The maximum Gasteiger partial charge on any atom is 0.328 e. The van der Waals surface area contributed by atoms with Crippen molar-refractivity contribution in [1.82, 2.24) is 4.98 Å². The highest BCUT2D eigenvalue weighted by atomic mass is 32.2. The van der Waals surface area contributed by atoms with Crippen LogP contribution in [-0.4, -0.2) is 24.5 Å². The summed E-state index contributed by atoms with van der Waals surface area (Å²) in [5.41, 5.74) is 0.339. The van der Waals surface area contributed by atoms with Crippen LogP contribution in [0.3, 0.4) is 0 Å². The van der Waals surface area contributed by atoms with Crippen molar-refractivity contribution in [2.45, 2.75) is 4.90 Å². The number of nitrogens with zero attached hydrogens (tertiary/aromatic N) is 1. The van der Waals surface area contributed by atoms with Crippen molar-refractivity contribution in [2.75, 3.05) is 4.72 Å². The highest BCUT2D eigenvalue weighted by Gasteiger charge is 2.13. The van der Waals surface area contributed by atoms with Gasteiger partial charge in [-0.3, -0.25) is 4.72 Å². The van der Waals surface area contributed by atoms with Crippen LogP contribution in [0.25, 0.3) is 6.08 Å². The summed E-state index contributed by atoms with van der Waals surface area (Å²) in [7, 11) is -3.71. The minimum atomic E-state index is -3.71. The van der Waals surface area contributed by atoms with Gasteiger partial charge in [0.1, 0.15) is 5.82 Å². The molecule has 0 radical (unpaired) electrons. The number of rotatable bonds is 5. The van der Waals surface area contributed by atoms with E-state index in [0.29, 0.717) is 5.69 Å². The molecule has 0 saturated carbocycles. The highest BCUT2D eigenvalue weighted by molar-refractivity contribution is 7.92. The van der Waals surface area contributed by atoms with Crippen LogP contribution in [0.4, 0.5) is 5.82 Å². The molecule has 108 valence electrons. The van der Waals surface area contributed by atoms with E-state index < -0.39 is 16.0 Å². The lowest BCUT2D eigenvalue weighted by Crippen LogP contribution is -2.13. The first-order valence-corrected chi connectivity index (χ1v) is 7.42. The van der Waals surface area contributed by atoms with Crippen molar-refractivity contribution in [1.29, 1.82) is 0 Å². The molecule has 2 aromatic rings. The van der Waals surface area contributed by atoms with Gasteiger partial charge in [0.05, 0.1) is 10.6 Å². The number of anilines is 1. The fourth-order valence-corrected chi connectivity index (χ4v) is 2.58. The zero-order chi connectivity index (χ0) is 15.3. The Labute approximate surface area is 121 Å². The SMILES string of the molecule is O=C(O)C=Cc1cccc(NS(=O)(=O)c2ccccc2)n1. The Morgan fingerprint density at radius 3 is 2.48 bits per heavy atom. The minimum Gasteiger partial charge on any atom is -0.478 e. The van der Waals surface area contributed by atoms with Gasteiger partial charge in [-0.05, 0) is 30.3 Å². The second kappa shape index (κ2) is 6.19. The van der Waals surface area contributed by atoms with Crippen LogP contribution in [0.5, 0.6) is 0 Å². The molecule has 6 nitrogen and oxygen atoms in total. The summed E-state index contributed by atoms with van der Waals surface area (Å²) in [6.45, 7) is 0. The lowest BCUT2D eigenvalue weighted by Gasteiger charge is -2.07. The number of aromatic nitrogens is 1. The van der Waals surface area contributed by atoms with E-state index in [1.807, 2.05) is 0 Å². The fourth-order valence-electron chi connectivity index (χ4n) is 1.55. The van der Waals surface area contributed by atoms with Gasteiger partial charge < -0.3 is 5.11 Å². The number of carboxylic acids is 1. The lowest BCUT2D eigenvalue weighted by atomic mass is 10.3. The molecular weight excluding hydrogens is 292 g/mol. The molecule has 0 aliphatic rings. The number of hydrogen-bond acceptors (Lipinski definition) is 4. The predicted molar refractivity (Wildman–Crippen MR) is 78.2 cm³/mol. The molecule has 0 atom stereocenters. The quantitative estimate of drug-likeness (QED) is 0.823. The van der Waals surface area contributed by atoms with Crippen LogP contribution in [0.1, 0.15) is 5.69 Å². The normalized spacial score (nSPS) is 11.4. The van der Waals surface area contributed by atoms with Gasteiger partial charge in [0, 0.05) is 6.08 Å². The number of carbonyl (C=O) groups is 1. The van der Waals surface area contributed by atoms with Gasteiger partial charge in [-0.15, -0.1) is 0 Å². The number of sulfonamides is 1. The maximum absolute atomic E-state index is 12.1. The maximum atomic E-state index is 12.1. The van der Waals surface area contributed by atoms with Crippen molar-refractivity contribution in [3.8, 4) is 0 Å². The number of hydrogen-bond donors (Lipinski definition) is 2. The van der Waals surface area contributed by atoms with Gasteiger partial charge in [-0.25, -0.2) is 18.2 Å². The Morgan fingerprint density at radius 1 is 1.10 bits per heavy atom. The number of benzene rings is 1. The van der Waals surface area contributed by atoms with E-state index >= 15 is 0 Å². The zero-order valence-corrected chi connectivity index (χ0v) is 11.6. The predicted octanol–water partition coefficient (Wildman–Crippen LogP) is 1.98. The summed E-state index contributed by atoms with van der Waals surface area (Å²) in [5.74, 6) is -0.988. The second-order valence-corrected chi connectivity index (χ2v) is 5.72. The molecule has 1 aromatic carbocycles. The average Bonchev–Trinajstić information content (AvgIpc) is 2.46. The molecule has 0 amide bonds. The van der Waals surface area contributed by atoms with Gasteiger partial charge in [-0.1, -0.05) is 24.3 Å². The monoisotopic (exact) mass is 304 g/mol. The fraction of sp³-hybridized carbons (Fsp3) is 0. The standard InChI is InChI=1S/C14H12N2O4S/c17-14(18)10-9-11-5-4-8-13(15-11)16-21(19,20)12-6-2-1-3-7-12/h1-10H,(H,15,16)(H,17,18). The summed E-state index contributed by atoms with van der Waals surface area (Å²) < 4.78 is 26.6. The molecule has 21 heavy (non-hydrogen) atoms. The van der Waals surface area contributed by atoms with E-state index in [0.717, 1.165) is 6.08 Å². The molecule has 7 heteroatoms. The first-order chi connectivity index (χ1) is 9.97.